The van der Waals surface area contributed by atoms with Crippen molar-refractivity contribution in [3.05, 3.63) is 94.5 Å². The molecular weight excluding hydrogens is 607 g/mol. The molecule has 2 atom stereocenters. The third-order valence-electron chi connectivity index (χ3n) is 11.1. The highest BCUT2D eigenvalue weighted by Gasteiger charge is 2.49. The van der Waals surface area contributed by atoms with Crippen molar-refractivity contribution in [3.8, 4) is 5.75 Å². The van der Waals surface area contributed by atoms with E-state index in [9.17, 15) is 13.5 Å². The van der Waals surface area contributed by atoms with Crippen molar-refractivity contribution in [2.75, 3.05) is 45.6 Å². The van der Waals surface area contributed by atoms with Crippen LogP contribution >= 0.6 is 0 Å². The maximum atomic E-state index is 14.1. The molecule has 3 aromatic carbocycles. The van der Waals surface area contributed by atoms with Crippen LogP contribution in [-0.4, -0.2) is 74.7 Å². The number of fused-ring (bicyclic) bond motifs is 3. The van der Waals surface area contributed by atoms with Crippen molar-refractivity contribution in [2.24, 2.45) is 5.41 Å². The van der Waals surface area contributed by atoms with Gasteiger partial charge in [-0.2, -0.15) is 0 Å². The lowest BCUT2D eigenvalue weighted by Gasteiger charge is -2.40. The van der Waals surface area contributed by atoms with Crippen LogP contribution in [0.4, 0.5) is 0 Å². The van der Waals surface area contributed by atoms with E-state index >= 15 is 0 Å². The first-order chi connectivity index (χ1) is 22.7. The van der Waals surface area contributed by atoms with E-state index in [-0.39, 0.29) is 5.75 Å². The van der Waals surface area contributed by atoms with Crippen LogP contribution in [0.25, 0.3) is 0 Å². The molecule has 47 heavy (non-hydrogen) atoms. The van der Waals surface area contributed by atoms with E-state index in [1.807, 2.05) is 43.4 Å². The van der Waals surface area contributed by atoms with E-state index in [4.69, 9.17) is 4.74 Å². The Kier molecular flexibility index (Phi) is 10.4. The summed E-state index contributed by atoms with van der Waals surface area (Å²) in [6.45, 7) is 12.6. The smallest absolute Gasteiger partial charge is 0.179 e. The third kappa shape index (κ3) is 7.32. The Balaban J connectivity index is 1.24. The number of hydrogen-bond acceptors (Lipinski definition) is 6. The fraction of sp³-hybridized carbons (Fsp3) is 0.538. The van der Waals surface area contributed by atoms with Crippen molar-refractivity contribution in [1.82, 2.24) is 10.2 Å². The molecule has 7 nitrogen and oxygen atoms in total. The summed E-state index contributed by atoms with van der Waals surface area (Å²) in [7, 11) is -1.73. The van der Waals surface area contributed by atoms with Gasteiger partial charge in [0.25, 0.3) is 0 Å². The Hall–Kier alpha value is -2.75. The first-order valence-corrected chi connectivity index (χ1v) is 19.4. The molecule has 0 saturated carbocycles. The van der Waals surface area contributed by atoms with E-state index in [0.717, 1.165) is 54.7 Å². The zero-order valence-electron chi connectivity index (χ0n) is 28.6. The summed E-state index contributed by atoms with van der Waals surface area (Å²) in [6.07, 6.45) is 4.23. The van der Waals surface area contributed by atoms with Crippen LogP contribution in [0.3, 0.4) is 0 Å². The number of hydrogen-bond donors (Lipinski definition) is 2. The zero-order valence-corrected chi connectivity index (χ0v) is 29.4. The van der Waals surface area contributed by atoms with Crippen LogP contribution in [0.1, 0.15) is 86.1 Å². The van der Waals surface area contributed by atoms with Crippen molar-refractivity contribution in [1.29, 1.82) is 0 Å². The third-order valence-corrected chi connectivity index (χ3v) is 13.1. The molecule has 0 aromatic heterocycles. The maximum Gasteiger partial charge on any atom is 0.179 e. The minimum atomic E-state index is -3.62. The average Bonchev–Trinajstić information content (AvgIpc) is 3.65. The van der Waals surface area contributed by atoms with Gasteiger partial charge in [-0.1, -0.05) is 88.1 Å². The van der Waals surface area contributed by atoms with Gasteiger partial charge in [0.1, 0.15) is 25.6 Å². The average molecular weight is 661 g/mol. The van der Waals surface area contributed by atoms with Crippen molar-refractivity contribution < 1.29 is 22.7 Å². The molecule has 3 aromatic rings. The first-order valence-electron chi connectivity index (χ1n) is 17.8. The lowest BCUT2D eigenvalue weighted by Crippen LogP contribution is -2.44. The summed E-state index contributed by atoms with van der Waals surface area (Å²) in [5, 5.41) is 15.6. The number of nitrogens with one attached hydrogen (secondary N) is 1. The summed E-state index contributed by atoms with van der Waals surface area (Å²) in [6, 6.07) is 22.5. The summed E-state index contributed by atoms with van der Waals surface area (Å²) in [5.74, 6) is 0.279. The number of nitrogens with zero attached hydrogens (tertiary/aromatic N) is 2. The molecule has 0 radical (unpaired) electrons. The fourth-order valence-electron chi connectivity index (χ4n) is 8.40. The lowest BCUT2D eigenvalue weighted by molar-refractivity contribution is -0.921. The molecule has 2 N–H and O–H groups in total. The number of aliphatic hydroxyl groups excluding tert-OH is 1. The summed E-state index contributed by atoms with van der Waals surface area (Å²) in [4.78, 5) is 2.93. The molecule has 3 aliphatic rings. The largest absolute Gasteiger partial charge is 0.489 e. The topological polar surface area (TPSA) is 78.9 Å². The molecule has 254 valence electrons. The van der Waals surface area contributed by atoms with E-state index in [1.54, 1.807) is 6.07 Å². The Morgan fingerprint density at radius 1 is 0.915 bits per heavy atom. The van der Waals surface area contributed by atoms with Gasteiger partial charge in [-0.3, -0.25) is 0 Å². The quantitative estimate of drug-likeness (QED) is 0.200. The molecule has 3 aliphatic heterocycles. The Bertz CT molecular complexity index is 1590. The van der Waals surface area contributed by atoms with Crippen LogP contribution in [0, 0.1) is 5.41 Å². The summed E-state index contributed by atoms with van der Waals surface area (Å²) < 4.78 is 35.6. The molecule has 8 heteroatoms. The number of benzene rings is 3. The van der Waals surface area contributed by atoms with Gasteiger partial charge in [0.2, 0.25) is 0 Å². The second kappa shape index (κ2) is 14.4. The van der Waals surface area contributed by atoms with Gasteiger partial charge >= 0.3 is 0 Å². The van der Waals surface area contributed by atoms with Gasteiger partial charge < -0.3 is 19.6 Å². The monoisotopic (exact) mass is 660 g/mol. The number of sulfone groups is 1. The molecule has 2 saturated heterocycles. The van der Waals surface area contributed by atoms with E-state index in [1.165, 1.54) is 42.9 Å². The molecule has 2 fully saturated rings. The van der Waals surface area contributed by atoms with Crippen molar-refractivity contribution >= 4 is 9.84 Å². The minimum absolute atomic E-state index is 0.0194. The van der Waals surface area contributed by atoms with E-state index in [0.29, 0.717) is 36.5 Å². The number of quaternary nitrogens is 1. The van der Waals surface area contributed by atoms with Gasteiger partial charge in [0.15, 0.2) is 9.84 Å². The lowest BCUT2D eigenvalue weighted by atomic mass is 9.68. The minimum Gasteiger partial charge on any atom is -0.489 e. The number of unbranched alkanes of at least 4 members (excludes halogenated alkanes) is 2. The van der Waals surface area contributed by atoms with E-state index < -0.39 is 27.3 Å². The molecule has 6 rings (SSSR count). The maximum absolute atomic E-state index is 14.1. The normalized spacial score (nSPS) is 25.7. The predicted molar refractivity (Wildman–Crippen MR) is 188 cm³/mol. The zero-order chi connectivity index (χ0) is 33.1. The van der Waals surface area contributed by atoms with Crippen LogP contribution in [-0.2, 0) is 29.5 Å². The van der Waals surface area contributed by atoms with Crippen LogP contribution in [0.15, 0.2) is 71.6 Å². The second-order valence-corrected chi connectivity index (χ2v) is 16.5. The van der Waals surface area contributed by atoms with Crippen molar-refractivity contribution in [2.45, 2.75) is 89.0 Å². The summed E-state index contributed by atoms with van der Waals surface area (Å²) in [5.41, 5.74) is 4.43. The number of rotatable bonds is 14. The number of ether oxygens (including phenoxy) is 1. The molecule has 0 unspecified atom stereocenters. The molecule has 3 heterocycles. The van der Waals surface area contributed by atoms with Gasteiger partial charge in [0, 0.05) is 23.4 Å². The van der Waals surface area contributed by atoms with Crippen LogP contribution in [0.2, 0.25) is 0 Å². The Morgan fingerprint density at radius 3 is 2.15 bits per heavy atom. The van der Waals surface area contributed by atoms with Crippen molar-refractivity contribution in [3.63, 3.8) is 0 Å². The summed E-state index contributed by atoms with van der Waals surface area (Å²) >= 11 is 0. The Labute approximate surface area is 282 Å². The van der Waals surface area contributed by atoms with Gasteiger partial charge in [0.05, 0.1) is 42.9 Å². The highest BCUT2D eigenvalue weighted by atomic mass is 32.2. The molecule has 0 spiro atoms. The predicted octanol–water partition coefficient (Wildman–Crippen LogP) is 6.24. The molecule has 2 bridgehead atoms. The number of aliphatic hydroxyl groups is 1. The van der Waals surface area contributed by atoms with Gasteiger partial charge in [-0.05, 0) is 60.3 Å². The first kappa shape index (κ1) is 34.1. The highest BCUT2D eigenvalue weighted by molar-refractivity contribution is 7.91. The van der Waals surface area contributed by atoms with Crippen LogP contribution in [0.5, 0.6) is 5.75 Å². The SMILES string of the molecule is CCCCC1(CCCC)CS(=O)(=O)c2ccc(CNC)cc2[C@@H](c2ccc(OCc3ccc(C[N+]45CCN(CC4)C5)cc3)cc2)[C@H]1O. The van der Waals surface area contributed by atoms with E-state index in [2.05, 4.69) is 48.3 Å². The molecular formula is C39H54N3O4S+. The second-order valence-electron chi connectivity index (χ2n) is 14.5. The molecule has 0 aliphatic carbocycles. The highest BCUT2D eigenvalue weighted by Crippen LogP contribution is 2.50. The Morgan fingerprint density at radius 2 is 1.55 bits per heavy atom. The fourth-order valence-corrected chi connectivity index (χ4v) is 10.6. The molecule has 0 amide bonds. The van der Waals surface area contributed by atoms with Crippen LogP contribution < -0.4 is 10.1 Å². The number of piperazine rings is 1. The van der Waals surface area contributed by atoms with Gasteiger partial charge in [-0.25, -0.2) is 13.3 Å². The van der Waals surface area contributed by atoms with Gasteiger partial charge in [-0.15, -0.1) is 0 Å². The standard InChI is InChI=1S/C39H54N3O4S/c1-4-6-18-39(19-7-5-2)28-47(44,45)36-17-12-32(25-40-3)24-35(36)37(38(39)43)33-13-15-34(16-14-33)46-27-31-10-8-30(9-11-31)26-42-22-20-41(29-42)21-23-42/h8-17,24,37-38,40,43H,4-7,18-23,25-29H2,1-3H3/q+1/t37-,38-/m1/s1.